The van der Waals surface area contributed by atoms with Crippen LogP contribution in [0.15, 0.2) is 30.3 Å². The number of rotatable bonds is 5. The lowest BCUT2D eigenvalue weighted by Gasteiger charge is -2.29. The summed E-state index contributed by atoms with van der Waals surface area (Å²) in [5.74, 6) is -0.401. The second-order valence-corrected chi connectivity index (χ2v) is 9.73. The maximum Gasteiger partial charge on any atom is 0.305 e. The van der Waals surface area contributed by atoms with Gasteiger partial charge in [0.05, 0.1) is 14.7 Å². The molecule has 1 rings (SSSR count). The molecule has 0 aliphatic heterocycles. The van der Waals surface area contributed by atoms with Crippen molar-refractivity contribution in [2.75, 3.05) is 6.61 Å². The minimum atomic E-state index is -1.83. The van der Waals surface area contributed by atoms with Gasteiger partial charge in [0, 0.05) is 7.77 Å². The summed E-state index contributed by atoms with van der Waals surface area (Å²) in [5, 5.41) is 1.28. The molecular formula is C14H22O2Si. The predicted molar refractivity (Wildman–Crippen MR) is 74.2 cm³/mol. The topological polar surface area (TPSA) is 26.3 Å². The maximum atomic E-state index is 11.7. The molecule has 0 aromatic heterocycles. The van der Waals surface area contributed by atoms with Crippen LogP contribution in [0.5, 0.6) is 0 Å². The fourth-order valence-electron chi connectivity index (χ4n) is 1.73. The van der Waals surface area contributed by atoms with Gasteiger partial charge in [0.1, 0.15) is 0 Å². The van der Waals surface area contributed by atoms with Crippen molar-refractivity contribution >= 4 is 19.2 Å². The Labute approximate surface area is 106 Å². The Kier molecular flexibility index (Phi) is 4.37. The quantitative estimate of drug-likeness (QED) is 0.594. The van der Waals surface area contributed by atoms with E-state index >= 15 is 0 Å². The summed E-state index contributed by atoms with van der Waals surface area (Å²) in [5.41, 5.74) is 0.0268. The van der Waals surface area contributed by atoms with E-state index in [0.717, 1.165) is 0 Å². The number of carbonyl (C=O) groups is 1. The van der Waals surface area contributed by atoms with E-state index in [1.807, 2.05) is 25.1 Å². The van der Waals surface area contributed by atoms with Crippen LogP contribution in [0.4, 0.5) is 0 Å². The first-order chi connectivity index (χ1) is 8.41. The number of ether oxygens (including phenoxy) is 1. The first kappa shape index (κ1) is 12.4. The molecule has 0 unspecified atom stereocenters. The Morgan fingerprint density at radius 3 is 2.53 bits per heavy atom. The molecule has 2 atom stereocenters. The zero-order valence-electron chi connectivity index (χ0n) is 12.1. The molecule has 0 saturated heterocycles. The van der Waals surface area contributed by atoms with Crippen LogP contribution in [-0.2, 0) is 9.53 Å². The second-order valence-electron chi connectivity index (χ2n) is 4.80. The minimum absolute atomic E-state index is 0.0268. The predicted octanol–water partition coefficient (Wildman–Crippen LogP) is 2.95. The molecule has 2 nitrogen and oxygen atoms in total. The van der Waals surface area contributed by atoms with Gasteiger partial charge in [-0.3, -0.25) is 4.79 Å². The first-order valence-electron chi connectivity index (χ1n) is 6.63. The van der Waals surface area contributed by atoms with Crippen molar-refractivity contribution in [2.45, 2.75) is 38.9 Å². The smallest absolute Gasteiger partial charge is 0.305 e. The van der Waals surface area contributed by atoms with E-state index in [4.69, 9.17) is 6.11 Å². The van der Waals surface area contributed by atoms with Crippen molar-refractivity contribution in [3.8, 4) is 0 Å². The third-order valence-electron chi connectivity index (χ3n) is 3.33. The fraction of sp³-hybridized carbons (Fsp3) is 0.500. The Balaban J connectivity index is 2.88. The van der Waals surface area contributed by atoms with Crippen molar-refractivity contribution in [3.05, 3.63) is 30.3 Å². The fourth-order valence-corrected chi connectivity index (χ4v) is 3.86. The molecule has 1 aromatic rings. The molecule has 0 amide bonds. The Bertz CT molecular complexity index is 392. The second kappa shape index (κ2) is 6.01. The number of benzene rings is 1. The van der Waals surface area contributed by atoms with Crippen LogP contribution in [0.1, 0.15) is 21.6 Å². The molecule has 0 saturated carbocycles. The number of carbonyl (C=O) groups excluding carboxylic acids is 1. The van der Waals surface area contributed by atoms with Gasteiger partial charge in [-0.1, -0.05) is 55.5 Å². The molecule has 0 spiro atoms. The molecule has 0 bridgehead atoms. The minimum Gasteiger partial charge on any atom is -0.466 e. The summed E-state index contributed by atoms with van der Waals surface area (Å²) < 4.78 is 13.0. The maximum absolute atomic E-state index is 11.7. The van der Waals surface area contributed by atoms with E-state index in [1.54, 1.807) is 6.92 Å². The van der Waals surface area contributed by atoms with Gasteiger partial charge in [-0.05, 0) is 12.5 Å². The van der Waals surface area contributed by atoms with Crippen LogP contribution in [0.25, 0.3) is 0 Å². The van der Waals surface area contributed by atoms with Gasteiger partial charge in [-0.25, -0.2) is 0 Å². The van der Waals surface area contributed by atoms with Crippen LogP contribution in [0.2, 0.25) is 18.6 Å². The first-order valence-corrected chi connectivity index (χ1v) is 9.13. The summed E-state index contributed by atoms with van der Waals surface area (Å²) in [6.45, 7) is 8.51. The molecule has 94 valence electrons. The summed E-state index contributed by atoms with van der Waals surface area (Å²) in [6.07, 6.45) is -0.785. The molecule has 0 fully saturated rings. The summed E-state index contributed by atoms with van der Waals surface area (Å²) in [6, 6.07) is 10.2. The van der Waals surface area contributed by atoms with Gasteiger partial charge >= 0.3 is 5.97 Å². The van der Waals surface area contributed by atoms with Gasteiger partial charge in [-0.15, -0.1) is 0 Å². The Morgan fingerprint density at radius 1 is 1.41 bits per heavy atom. The molecule has 0 N–H and O–H groups in total. The molecule has 17 heavy (non-hydrogen) atoms. The lowest BCUT2D eigenvalue weighted by atomic mass is 10.3. The van der Waals surface area contributed by atoms with E-state index in [-0.39, 0.29) is 5.54 Å². The SMILES string of the molecule is [2H][C@H](C(=O)OCC)[C@H](C)[Si](C)(C)c1ccccc1. The third-order valence-corrected chi connectivity index (χ3v) is 7.59. The molecular weight excluding hydrogens is 228 g/mol. The largest absolute Gasteiger partial charge is 0.466 e. The zero-order chi connectivity index (χ0) is 13.8. The molecule has 1 aromatic carbocycles. The van der Waals surface area contributed by atoms with Gasteiger partial charge in [0.2, 0.25) is 0 Å². The Hall–Kier alpha value is -1.09. The average Bonchev–Trinajstić information content (AvgIpc) is 2.38. The number of hydrogen-bond acceptors (Lipinski definition) is 2. The normalized spacial score (nSPS) is 15.9. The van der Waals surface area contributed by atoms with Crippen molar-refractivity contribution in [1.29, 1.82) is 0 Å². The summed E-state index contributed by atoms with van der Waals surface area (Å²) in [4.78, 5) is 11.7. The molecule has 3 heteroatoms. The van der Waals surface area contributed by atoms with E-state index < -0.39 is 20.4 Å². The van der Waals surface area contributed by atoms with Gasteiger partial charge in [0.25, 0.3) is 0 Å². The van der Waals surface area contributed by atoms with Gasteiger partial charge in [0.15, 0.2) is 0 Å². The van der Waals surface area contributed by atoms with Crippen LogP contribution in [0.3, 0.4) is 0 Å². The lowest BCUT2D eigenvalue weighted by Crippen LogP contribution is -2.45. The zero-order valence-corrected chi connectivity index (χ0v) is 12.1. The standard InChI is InChI=1S/C14H22O2Si/c1-5-16-14(15)11-12(2)17(3,4)13-9-7-6-8-10-13/h6-10,12H,5,11H2,1-4H3/t12-/m0/s1/i11D/t11-,12-. The van der Waals surface area contributed by atoms with Crippen LogP contribution in [-0.4, -0.2) is 20.7 Å². The highest BCUT2D eigenvalue weighted by Gasteiger charge is 2.31. The average molecular weight is 251 g/mol. The highest BCUT2D eigenvalue weighted by Crippen LogP contribution is 2.25. The lowest BCUT2D eigenvalue weighted by molar-refractivity contribution is -0.143. The van der Waals surface area contributed by atoms with E-state index in [1.165, 1.54) is 5.19 Å². The molecule has 0 aliphatic rings. The highest BCUT2D eigenvalue weighted by atomic mass is 28.3. The van der Waals surface area contributed by atoms with Crippen LogP contribution in [0, 0.1) is 0 Å². The molecule has 0 heterocycles. The van der Waals surface area contributed by atoms with Crippen molar-refractivity contribution in [2.24, 2.45) is 0 Å². The number of esters is 1. The van der Waals surface area contributed by atoms with E-state index in [0.29, 0.717) is 6.61 Å². The summed E-state index contributed by atoms with van der Waals surface area (Å²) >= 11 is 0. The molecule has 0 radical (unpaired) electrons. The van der Waals surface area contributed by atoms with Crippen molar-refractivity contribution in [3.63, 3.8) is 0 Å². The van der Waals surface area contributed by atoms with Gasteiger partial charge in [-0.2, -0.15) is 0 Å². The van der Waals surface area contributed by atoms with Crippen molar-refractivity contribution in [1.82, 2.24) is 0 Å². The van der Waals surface area contributed by atoms with Gasteiger partial charge < -0.3 is 4.74 Å². The van der Waals surface area contributed by atoms with Crippen LogP contribution < -0.4 is 5.19 Å². The highest BCUT2D eigenvalue weighted by molar-refractivity contribution is 6.91. The number of hydrogen-bond donors (Lipinski definition) is 0. The van der Waals surface area contributed by atoms with Crippen LogP contribution >= 0.6 is 0 Å². The summed E-state index contributed by atoms with van der Waals surface area (Å²) in [7, 11) is -1.83. The van der Waals surface area contributed by atoms with E-state index in [2.05, 4.69) is 25.2 Å². The Morgan fingerprint density at radius 2 is 2.00 bits per heavy atom. The van der Waals surface area contributed by atoms with E-state index in [9.17, 15) is 4.79 Å². The third kappa shape index (κ3) is 3.70. The molecule has 0 aliphatic carbocycles. The monoisotopic (exact) mass is 251 g/mol. The van der Waals surface area contributed by atoms with Crippen molar-refractivity contribution < 1.29 is 10.9 Å².